The average molecular weight is 536 g/mol. The molecule has 2 aromatic rings. The largest absolute Gasteiger partial charge is 0.496 e. The molecule has 188 valence electrons. The zero-order valence-corrected chi connectivity index (χ0v) is 23.0. The van der Waals surface area contributed by atoms with Crippen LogP contribution in [0.5, 0.6) is 11.5 Å². The van der Waals surface area contributed by atoms with Gasteiger partial charge >= 0.3 is 0 Å². The molecule has 0 aliphatic carbocycles. The zero-order valence-electron chi connectivity index (χ0n) is 20.5. The molecule has 2 heterocycles. The number of carbonyl (C=O) groups is 3. The average Bonchev–Trinajstić information content (AvgIpc) is 2.76. The molecular formula is C25H29NO6S3. The van der Waals surface area contributed by atoms with Crippen molar-refractivity contribution < 1.29 is 28.6 Å². The first-order chi connectivity index (χ1) is 16.6. The number of thioether (sulfide) groups is 3. The molecular weight excluding hydrogens is 506 g/mol. The van der Waals surface area contributed by atoms with E-state index in [9.17, 15) is 14.4 Å². The van der Waals surface area contributed by atoms with E-state index >= 15 is 0 Å². The maximum Gasteiger partial charge on any atom is 0.213 e. The lowest BCUT2D eigenvalue weighted by atomic mass is 10.0. The van der Waals surface area contributed by atoms with Gasteiger partial charge in [-0.1, -0.05) is 35.3 Å². The molecule has 0 unspecified atom stereocenters. The van der Waals surface area contributed by atoms with Crippen molar-refractivity contribution in [3.63, 3.8) is 0 Å². The number of methoxy groups -OCH3 is 1. The van der Waals surface area contributed by atoms with Crippen LogP contribution in [0.2, 0.25) is 0 Å². The molecule has 0 N–H and O–H groups in total. The van der Waals surface area contributed by atoms with Crippen molar-refractivity contribution >= 4 is 50.6 Å². The summed E-state index contributed by atoms with van der Waals surface area (Å²) in [5, 5.41) is -1.37. The first-order valence-corrected chi connectivity index (χ1v) is 13.6. The van der Waals surface area contributed by atoms with Crippen LogP contribution in [0, 0.1) is 13.8 Å². The van der Waals surface area contributed by atoms with E-state index in [-0.39, 0.29) is 32.5 Å². The molecule has 1 aliphatic heterocycles. The lowest BCUT2D eigenvalue weighted by Crippen LogP contribution is -2.51. The molecule has 1 fully saturated rings. The highest BCUT2D eigenvalue weighted by atomic mass is 32.2. The summed E-state index contributed by atoms with van der Waals surface area (Å²) in [4.78, 5) is 40.2. The van der Waals surface area contributed by atoms with Crippen LogP contribution in [0.25, 0.3) is 11.1 Å². The van der Waals surface area contributed by atoms with Crippen LogP contribution in [0.3, 0.4) is 0 Å². The number of carbonyl (C=O) groups excluding carboxylic acids is 3. The molecule has 7 nitrogen and oxygen atoms in total. The molecule has 1 saturated heterocycles. The normalized spacial score (nSPS) is 21.9. The topological polar surface area (TPSA) is 91.8 Å². The van der Waals surface area contributed by atoms with E-state index in [4.69, 9.17) is 14.2 Å². The monoisotopic (exact) mass is 535 g/mol. The Morgan fingerprint density at radius 1 is 0.886 bits per heavy atom. The SMILES string of the molecule is COc1c(C)cc(-c2cncc(O[C@H]3OC[C@@H](SC(C)=O)[C@H](SC(C)=O)[C@@H]3SC(C)=O)c2)cc1C. The number of aromatic nitrogens is 1. The van der Waals surface area contributed by atoms with E-state index in [0.29, 0.717) is 5.75 Å². The summed E-state index contributed by atoms with van der Waals surface area (Å²) in [6, 6.07) is 5.93. The Balaban J connectivity index is 1.89. The number of hydrogen-bond donors (Lipinski definition) is 0. The smallest absolute Gasteiger partial charge is 0.213 e. The predicted molar refractivity (Wildman–Crippen MR) is 142 cm³/mol. The van der Waals surface area contributed by atoms with Gasteiger partial charge in [0.1, 0.15) is 11.5 Å². The molecule has 0 radical (unpaired) electrons. The number of nitrogens with zero attached hydrogens (tertiary/aromatic N) is 1. The third-order valence-corrected chi connectivity index (χ3v) is 9.02. The van der Waals surface area contributed by atoms with E-state index in [1.165, 1.54) is 20.8 Å². The molecule has 1 aliphatic rings. The van der Waals surface area contributed by atoms with Gasteiger partial charge in [-0.25, -0.2) is 0 Å². The van der Waals surface area contributed by atoms with Gasteiger partial charge in [-0.2, -0.15) is 0 Å². The fraction of sp³-hybridized carbons (Fsp3) is 0.440. The van der Waals surface area contributed by atoms with Gasteiger partial charge in [-0.3, -0.25) is 19.4 Å². The Labute approximate surface area is 218 Å². The Morgan fingerprint density at radius 3 is 2.06 bits per heavy atom. The minimum Gasteiger partial charge on any atom is -0.496 e. The van der Waals surface area contributed by atoms with Crippen LogP contribution < -0.4 is 9.47 Å². The van der Waals surface area contributed by atoms with Gasteiger partial charge in [0.2, 0.25) is 6.29 Å². The molecule has 0 spiro atoms. The number of aryl methyl sites for hydroxylation is 2. The van der Waals surface area contributed by atoms with Crippen LogP contribution in [0.4, 0.5) is 0 Å². The van der Waals surface area contributed by atoms with Crippen molar-refractivity contribution in [1.29, 1.82) is 0 Å². The highest BCUT2D eigenvalue weighted by molar-refractivity contribution is 8.19. The number of rotatable bonds is 7. The van der Waals surface area contributed by atoms with Crippen LogP contribution in [-0.2, 0) is 19.1 Å². The third kappa shape index (κ3) is 7.25. The second kappa shape index (κ2) is 12.3. The van der Waals surface area contributed by atoms with Gasteiger partial charge in [0.05, 0.1) is 25.2 Å². The molecule has 0 saturated carbocycles. The minimum absolute atomic E-state index is 0.0688. The molecule has 10 heteroatoms. The summed E-state index contributed by atoms with van der Waals surface area (Å²) in [7, 11) is 1.65. The summed E-state index contributed by atoms with van der Waals surface area (Å²) < 4.78 is 17.7. The first-order valence-electron chi connectivity index (χ1n) is 11.0. The van der Waals surface area contributed by atoms with Crippen LogP contribution in [-0.4, -0.2) is 56.1 Å². The fourth-order valence-corrected chi connectivity index (χ4v) is 7.50. The number of pyridine rings is 1. The maximum absolute atomic E-state index is 12.1. The van der Waals surface area contributed by atoms with Crippen molar-refractivity contribution in [1.82, 2.24) is 4.98 Å². The highest BCUT2D eigenvalue weighted by Gasteiger charge is 2.45. The molecule has 35 heavy (non-hydrogen) atoms. The summed E-state index contributed by atoms with van der Waals surface area (Å²) in [6.45, 7) is 8.63. The van der Waals surface area contributed by atoms with Gasteiger partial charge in [0.25, 0.3) is 0 Å². The summed E-state index contributed by atoms with van der Waals surface area (Å²) >= 11 is 3.33. The van der Waals surface area contributed by atoms with Gasteiger partial charge in [-0.05, 0) is 48.7 Å². The first kappa shape index (κ1) is 27.6. The van der Waals surface area contributed by atoms with E-state index in [2.05, 4.69) is 4.98 Å². The summed E-state index contributed by atoms with van der Waals surface area (Å²) in [5.74, 6) is 1.33. The van der Waals surface area contributed by atoms with E-state index < -0.39 is 11.5 Å². The van der Waals surface area contributed by atoms with Gasteiger partial charge < -0.3 is 14.2 Å². The molecule has 1 aromatic carbocycles. The standard InChI is InChI=1S/C25H29NO6S3/c1-13-7-18(8-14(2)22(13)30-6)19-9-20(11-26-10-19)32-25-24(35-17(5)29)23(34-16(4)28)21(12-31-25)33-15(3)27/h7-11,21,23-25H,12H2,1-6H3/t21-,23+,24+,25-/m1/s1. The Morgan fingerprint density at radius 2 is 1.49 bits per heavy atom. The molecule has 0 bridgehead atoms. The van der Waals surface area contributed by atoms with E-state index in [0.717, 1.165) is 63.3 Å². The van der Waals surface area contributed by atoms with Crippen LogP contribution in [0.15, 0.2) is 30.6 Å². The second-order valence-electron chi connectivity index (χ2n) is 8.17. The highest BCUT2D eigenvalue weighted by Crippen LogP contribution is 2.41. The molecule has 1 aromatic heterocycles. The summed E-state index contributed by atoms with van der Waals surface area (Å²) in [6.07, 6.45) is 2.56. The van der Waals surface area contributed by atoms with Crippen molar-refractivity contribution in [3.05, 3.63) is 41.7 Å². The Bertz CT molecular complexity index is 1090. The van der Waals surface area contributed by atoms with Crippen LogP contribution >= 0.6 is 35.3 Å². The molecule has 4 atom stereocenters. The van der Waals surface area contributed by atoms with Gasteiger partial charge in [-0.15, -0.1) is 0 Å². The lowest BCUT2D eigenvalue weighted by Gasteiger charge is -2.40. The van der Waals surface area contributed by atoms with Gasteiger partial charge in [0.15, 0.2) is 15.3 Å². The van der Waals surface area contributed by atoms with Gasteiger partial charge in [0, 0.05) is 43.0 Å². The zero-order chi connectivity index (χ0) is 25.7. The van der Waals surface area contributed by atoms with Crippen molar-refractivity contribution in [2.24, 2.45) is 0 Å². The third-order valence-electron chi connectivity index (χ3n) is 5.27. The Hall–Kier alpha value is -2.01. The number of ether oxygens (including phenoxy) is 3. The lowest BCUT2D eigenvalue weighted by molar-refractivity contribution is -0.112. The Kier molecular flexibility index (Phi) is 9.69. The summed E-state index contributed by atoms with van der Waals surface area (Å²) in [5.41, 5.74) is 3.87. The van der Waals surface area contributed by atoms with Crippen molar-refractivity contribution in [2.45, 2.75) is 56.7 Å². The molecule has 3 rings (SSSR count). The van der Waals surface area contributed by atoms with Crippen LogP contribution in [0.1, 0.15) is 31.9 Å². The maximum atomic E-state index is 12.1. The fourth-order valence-electron chi connectivity index (χ4n) is 4.02. The minimum atomic E-state index is -0.791. The number of hydrogen-bond acceptors (Lipinski definition) is 10. The predicted octanol–water partition coefficient (Wildman–Crippen LogP) is 5.05. The molecule has 0 amide bonds. The quantitative estimate of drug-likeness (QED) is 0.479. The number of benzene rings is 1. The van der Waals surface area contributed by atoms with Crippen molar-refractivity contribution in [3.8, 4) is 22.6 Å². The van der Waals surface area contributed by atoms with Crippen molar-refractivity contribution in [2.75, 3.05) is 13.7 Å². The van der Waals surface area contributed by atoms with E-state index in [1.54, 1.807) is 19.5 Å². The second-order valence-corrected chi connectivity index (χ2v) is 12.3. The van der Waals surface area contributed by atoms with E-state index in [1.807, 2.05) is 32.0 Å².